The van der Waals surface area contributed by atoms with Crippen LogP contribution in [-0.2, 0) is 16.1 Å². The summed E-state index contributed by atoms with van der Waals surface area (Å²) in [5, 5.41) is 2.99. The van der Waals surface area contributed by atoms with Gasteiger partial charge in [-0.3, -0.25) is 9.59 Å². The number of aromatic nitrogens is 1. The lowest BCUT2D eigenvalue weighted by atomic mass is 9.93. The van der Waals surface area contributed by atoms with Gasteiger partial charge in [0, 0.05) is 39.0 Å². The zero-order valence-electron chi connectivity index (χ0n) is 18.1. The lowest BCUT2D eigenvalue weighted by Gasteiger charge is -2.32. The molecule has 1 aromatic carbocycles. The van der Waals surface area contributed by atoms with Crippen LogP contribution in [0.5, 0.6) is 0 Å². The summed E-state index contributed by atoms with van der Waals surface area (Å²) in [6.45, 7) is 4.08. The number of nitrogens with zero attached hydrogens (tertiary/aromatic N) is 3. The predicted molar refractivity (Wildman–Crippen MR) is 122 cm³/mol. The molecule has 0 saturated carbocycles. The van der Waals surface area contributed by atoms with Gasteiger partial charge in [0.25, 0.3) is 0 Å². The van der Waals surface area contributed by atoms with Crippen LogP contribution in [0.15, 0.2) is 48.8 Å². The van der Waals surface area contributed by atoms with Crippen LogP contribution < -0.4 is 10.2 Å². The van der Waals surface area contributed by atoms with E-state index < -0.39 is 0 Å². The van der Waals surface area contributed by atoms with Gasteiger partial charge in [-0.1, -0.05) is 43.2 Å². The highest BCUT2D eigenvalue weighted by molar-refractivity contribution is 5.81. The summed E-state index contributed by atoms with van der Waals surface area (Å²) in [6, 6.07) is 11.7. The van der Waals surface area contributed by atoms with Crippen molar-refractivity contribution in [3.63, 3.8) is 0 Å². The molecule has 1 atom stereocenters. The second-order valence-electron chi connectivity index (χ2n) is 8.29. The van der Waals surface area contributed by atoms with E-state index >= 15 is 0 Å². The molecule has 6 heteroatoms. The average molecular weight is 419 g/mol. The van der Waals surface area contributed by atoms with Crippen molar-refractivity contribution in [3.05, 3.63) is 65.5 Å². The first kappa shape index (κ1) is 21.1. The molecule has 4 rings (SSSR count). The Bertz CT molecular complexity index is 946. The van der Waals surface area contributed by atoms with Crippen molar-refractivity contribution in [3.8, 4) is 0 Å². The standard InChI is InChI=1S/C25H30N4O2/c1-19(30)29-15-12-21-8-4-5-9-22(21)23(29)16-25(31)27-18-20-10-11-24(26-17-20)28-13-6-2-3-7-14-28/h4-5,8-12,15,17,23H,2-3,6-7,13-14,16,18H2,1H3,(H,27,31)/t23-/m0/s1. The minimum atomic E-state index is -0.290. The highest BCUT2D eigenvalue weighted by Crippen LogP contribution is 2.32. The van der Waals surface area contributed by atoms with E-state index in [9.17, 15) is 9.59 Å². The maximum Gasteiger partial charge on any atom is 0.223 e. The van der Waals surface area contributed by atoms with Crippen molar-refractivity contribution in [2.75, 3.05) is 18.0 Å². The largest absolute Gasteiger partial charge is 0.357 e. The topological polar surface area (TPSA) is 65.5 Å². The summed E-state index contributed by atoms with van der Waals surface area (Å²) in [5.74, 6) is 0.856. The number of anilines is 1. The van der Waals surface area contributed by atoms with Crippen LogP contribution in [-0.4, -0.2) is 34.8 Å². The van der Waals surface area contributed by atoms with Gasteiger partial charge >= 0.3 is 0 Å². The summed E-state index contributed by atoms with van der Waals surface area (Å²) in [7, 11) is 0. The number of carbonyl (C=O) groups excluding carboxylic acids is 2. The van der Waals surface area contributed by atoms with Crippen molar-refractivity contribution in [2.24, 2.45) is 0 Å². The average Bonchev–Trinajstić information content (AvgIpc) is 3.08. The predicted octanol–water partition coefficient (Wildman–Crippen LogP) is 4.04. The van der Waals surface area contributed by atoms with Gasteiger partial charge in [-0.15, -0.1) is 0 Å². The Hall–Kier alpha value is -3.15. The third-order valence-electron chi connectivity index (χ3n) is 6.08. The Balaban J connectivity index is 1.36. The number of nitrogens with one attached hydrogen (secondary N) is 1. The normalized spacial score (nSPS) is 18.3. The molecule has 162 valence electrons. The molecule has 0 unspecified atom stereocenters. The highest BCUT2D eigenvalue weighted by Gasteiger charge is 2.28. The van der Waals surface area contributed by atoms with Crippen LogP contribution in [0.2, 0.25) is 0 Å². The van der Waals surface area contributed by atoms with Crippen LogP contribution in [0.25, 0.3) is 6.08 Å². The molecule has 2 amide bonds. The highest BCUT2D eigenvalue weighted by atomic mass is 16.2. The third-order valence-corrected chi connectivity index (χ3v) is 6.08. The Kier molecular flexibility index (Phi) is 6.65. The summed E-state index contributed by atoms with van der Waals surface area (Å²) in [6.07, 6.45) is 10.8. The first-order chi connectivity index (χ1) is 15.1. The number of benzene rings is 1. The molecule has 2 aliphatic rings. The van der Waals surface area contributed by atoms with Crippen LogP contribution in [0.3, 0.4) is 0 Å². The fourth-order valence-corrected chi connectivity index (χ4v) is 4.37. The third kappa shape index (κ3) is 5.13. The maximum atomic E-state index is 12.7. The van der Waals surface area contributed by atoms with Crippen molar-refractivity contribution < 1.29 is 9.59 Å². The number of rotatable bonds is 5. The molecule has 0 aliphatic carbocycles. The monoisotopic (exact) mass is 418 g/mol. The van der Waals surface area contributed by atoms with Gasteiger partial charge in [-0.05, 0) is 41.7 Å². The molecule has 1 aromatic heterocycles. The summed E-state index contributed by atoms with van der Waals surface area (Å²) < 4.78 is 0. The first-order valence-corrected chi connectivity index (χ1v) is 11.1. The van der Waals surface area contributed by atoms with E-state index in [0.717, 1.165) is 35.6 Å². The second kappa shape index (κ2) is 9.77. The molecule has 3 heterocycles. The number of fused-ring (bicyclic) bond motifs is 1. The SMILES string of the molecule is CC(=O)N1C=Cc2ccccc2[C@@H]1CC(=O)NCc1ccc(N2CCCCCC2)nc1. The van der Waals surface area contributed by atoms with E-state index in [2.05, 4.69) is 15.2 Å². The lowest BCUT2D eigenvalue weighted by molar-refractivity contribution is -0.130. The van der Waals surface area contributed by atoms with Gasteiger partial charge in [0.2, 0.25) is 11.8 Å². The Morgan fingerprint density at radius 3 is 2.55 bits per heavy atom. The van der Waals surface area contributed by atoms with E-state index in [0.29, 0.717) is 6.54 Å². The van der Waals surface area contributed by atoms with Crippen molar-refractivity contribution in [1.82, 2.24) is 15.2 Å². The maximum absolute atomic E-state index is 12.7. The van der Waals surface area contributed by atoms with Gasteiger partial charge in [-0.2, -0.15) is 0 Å². The number of hydrogen-bond donors (Lipinski definition) is 1. The van der Waals surface area contributed by atoms with Crippen LogP contribution in [0, 0.1) is 0 Å². The van der Waals surface area contributed by atoms with E-state index in [1.807, 2.05) is 48.7 Å². The molecule has 0 spiro atoms. The fourth-order valence-electron chi connectivity index (χ4n) is 4.37. The number of pyridine rings is 1. The molecule has 31 heavy (non-hydrogen) atoms. The molecule has 0 radical (unpaired) electrons. The molecule has 6 nitrogen and oxygen atoms in total. The number of hydrogen-bond acceptors (Lipinski definition) is 4. The summed E-state index contributed by atoms with van der Waals surface area (Å²) >= 11 is 0. The van der Waals surface area contributed by atoms with Gasteiger partial charge in [0.05, 0.1) is 12.5 Å². The molecule has 0 bridgehead atoms. The van der Waals surface area contributed by atoms with Crippen molar-refractivity contribution >= 4 is 23.7 Å². The van der Waals surface area contributed by atoms with Gasteiger partial charge in [-0.25, -0.2) is 4.98 Å². The first-order valence-electron chi connectivity index (χ1n) is 11.1. The molecule has 2 aliphatic heterocycles. The molecule has 1 saturated heterocycles. The zero-order valence-corrected chi connectivity index (χ0v) is 18.1. The van der Waals surface area contributed by atoms with Gasteiger partial charge in [0.15, 0.2) is 0 Å². The summed E-state index contributed by atoms with van der Waals surface area (Å²) in [4.78, 5) is 33.4. The smallest absolute Gasteiger partial charge is 0.223 e. The summed E-state index contributed by atoms with van der Waals surface area (Å²) in [5.41, 5.74) is 3.02. The van der Waals surface area contributed by atoms with Crippen molar-refractivity contribution in [2.45, 2.75) is 51.6 Å². The number of carbonyl (C=O) groups is 2. The van der Waals surface area contributed by atoms with Gasteiger partial charge < -0.3 is 15.1 Å². The van der Waals surface area contributed by atoms with Crippen LogP contribution in [0.1, 0.15) is 61.8 Å². The van der Waals surface area contributed by atoms with E-state index in [1.165, 1.54) is 32.6 Å². The number of amides is 2. The van der Waals surface area contributed by atoms with E-state index in [4.69, 9.17) is 0 Å². The Morgan fingerprint density at radius 2 is 1.84 bits per heavy atom. The van der Waals surface area contributed by atoms with Crippen molar-refractivity contribution in [1.29, 1.82) is 0 Å². The molecular formula is C25H30N4O2. The van der Waals surface area contributed by atoms with Gasteiger partial charge in [0.1, 0.15) is 5.82 Å². The Labute approximate surface area is 184 Å². The minimum Gasteiger partial charge on any atom is -0.357 e. The van der Waals surface area contributed by atoms with Crippen LogP contribution in [0.4, 0.5) is 5.82 Å². The molecule has 1 fully saturated rings. The molecule has 1 N–H and O–H groups in total. The van der Waals surface area contributed by atoms with E-state index in [-0.39, 0.29) is 24.3 Å². The van der Waals surface area contributed by atoms with E-state index in [1.54, 1.807) is 11.1 Å². The minimum absolute atomic E-state index is 0.0724. The second-order valence-corrected chi connectivity index (χ2v) is 8.29. The molecular weight excluding hydrogens is 388 g/mol. The quantitative estimate of drug-likeness (QED) is 0.796. The lowest BCUT2D eigenvalue weighted by Crippen LogP contribution is -2.35. The van der Waals surface area contributed by atoms with Crippen LogP contribution >= 0.6 is 0 Å². The zero-order chi connectivity index (χ0) is 21.6. The fraction of sp³-hybridized carbons (Fsp3) is 0.400. The molecule has 2 aromatic rings. The Morgan fingerprint density at radius 1 is 1.06 bits per heavy atom.